The molecule has 0 aliphatic carbocycles. The number of nitrogens with one attached hydrogen (secondary N) is 1. The standard InChI is InChI=1S/C19H22N2O5/c1-2-25-9-10-26-13-15-6-3-5-14(11-15)12-20-18(22)16-7-4-8-17(21-16)19(23)24/h3-8,11H,2,9-10,12-13H2,1H3,(H,20,22)(H,23,24). The third kappa shape index (κ3) is 6.27. The highest BCUT2D eigenvalue weighted by atomic mass is 16.5. The van der Waals surface area contributed by atoms with Crippen molar-refractivity contribution in [2.45, 2.75) is 20.1 Å². The zero-order chi connectivity index (χ0) is 18.8. The second-order valence-electron chi connectivity index (χ2n) is 5.47. The van der Waals surface area contributed by atoms with Gasteiger partial charge in [0.1, 0.15) is 11.4 Å². The summed E-state index contributed by atoms with van der Waals surface area (Å²) in [5, 5.41) is 11.7. The van der Waals surface area contributed by atoms with Gasteiger partial charge in [0.05, 0.1) is 19.8 Å². The Balaban J connectivity index is 1.87. The normalized spacial score (nSPS) is 10.5. The van der Waals surface area contributed by atoms with Crippen molar-refractivity contribution >= 4 is 11.9 Å². The molecule has 0 atom stereocenters. The van der Waals surface area contributed by atoms with E-state index in [1.165, 1.54) is 18.2 Å². The Morgan fingerprint density at radius 1 is 1.04 bits per heavy atom. The number of carboxylic acid groups (broad SMARTS) is 1. The lowest BCUT2D eigenvalue weighted by atomic mass is 10.1. The molecule has 2 rings (SSSR count). The Morgan fingerprint density at radius 3 is 2.50 bits per heavy atom. The quantitative estimate of drug-likeness (QED) is 0.632. The van der Waals surface area contributed by atoms with Crippen LogP contribution in [0.5, 0.6) is 0 Å². The van der Waals surface area contributed by atoms with Gasteiger partial charge in [0, 0.05) is 13.2 Å². The smallest absolute Gasteiger partial charge is 0.354 e. The van der Waals surface area contributed by atoms with Crippen LogP contribution < -0.4 is 5.32 Å². The Kier molecular flexibility index (Phi) is 7.73. The third-order valence-corrected chi connectivity index (χ3v) is 3.49. The van der Waals surface area contributed by atoms with Crippen molar-refractivity contribution in [3.8, 4) is 0 Å². The van der Waals surface area contributed by atoms with E-state index in [4.69, 9.17) is 14.6 Å². The van der Waals surface area contributed by atoms with Crippen LogP contribution in [0, 0.1) is 0 Å². The van der Waals surface area contributed by atoms with Crippen molar-refractivity contribution in [3.63, 3.8) is 0 Å². The maximum absolute atomic E-state index is 12.1. The van der Waals surface area contributed by atoms with Gasteiger partial charge < -0.3 is 19.9 Å². The monoisotopic (exact) mass is 358 g/mol. The molecule has 26 heavy (non-hydrogen) atoms. The molecule has 0 bridgehead atoms. The number of pyridine rings is 1. The first kappa shape index (κ1) is 19.6. The second-order valence-corrected chi connectivity index (χ2v) is 5.47. The first-order chi connectivity index (χ1) is 12.6. The van der Waals surface area contributed by atoms with E-state index in [0.717, 1.165) is 11.1 Å². The number of rotatable bonds is 10. The fourth-order valence-electron chi connectivity index (χ4n) is 2.23. The maximum atomic E-state index is 12.1. The molecule has 0 saturated carbocycles. The Labute approximate surface area is 152 Å². The molecule has 2 N–H and O–H groups in total. The number of ether oxygens (including phenoxy) is 2. The lowest BCUT2D eigenvalue weighted by Gasteiger charge is -2.08. The zero-order valence-corrected chi connectivity index (χ0v) is 14.6. The zero-order valence-electron chi connectivity index (χ0n) is 14.6. The molecule has 7 heteroatoms. The minimum Gasteiger partial charge on any atom is -0.477 e. The van der Waals surface area contributed by atoms with E-state index in [-0.39, 0.29) is 11.4 Å². The molecule has 1 heterocycles. The summed E-state index contributed by atoms with van der Waals surface area (Å²) in [6.07, 6.45) is 0. The summed E-state index contributed by atoms with van der Waals surface area (Å²) in [4.78, 5) is 26.9. The van der Waals surface area contributed by atoms with Crippen LogP contribution in [0.1, 0.15) is 39.0 Å². The van der Waals surface area contributed by atoms with Crippen LogP contribution >= 0.6 is 0 Å². The Bertz CT molecular complexity index is 748. The van der Waals surface area contributed by atoms with E-state index in [1.807, 2.05) is 31.2 Å². The van der Waals surface area contributed by atoms with Crippen molar-refractivity contribution in [1.82, 2.24) is 10.3 Å². The highest BCUT2D eigenvalue weighted by Gasteiger charge is 2.11. The van der Waals surface area contributed by atoms with Crippen molar-refractivity contribution < 1.29 is 24.2 Å². The van der Waals surface area contributed by atoms with Crippen LogP contribution in [0.4, 0.5) is 0 Å². The van der Waals surface area contributed by atoms with Crippen LogP contribution in [-0.2, 0) is 22.6 Å². The van der Waals surface area contributed by atoms with E-state index >= 15 is 0 Å². The molecule has 1 aromatic carbocycles. The van der Waals surface area contributed by atoms with Crippen LogP contribution in [0.3, 0.4) is 0 Å². The number of nitrogens with zero attached hydrogens (tertiary/aromatic N) is 1. The molecular weight excluding hydrogens is 336 g/mol. The van der Waals surface area contributed by atoms with Gasteiger partial charge in [0.15, 0.2) is 0 Å². The van der Waals surface area contributed by atoms with Crippen LogP contribution in [0.25, 0.3) is 0 Å². The van der Waals surface area contributed by atoms with Crippen molar-refractivity contribution in [1.29, 1.82) is 0 Å². The fourth-order valence-corrected chi connectivity index (χ4v) is 2.23. The van der Waals surface area contributed by atoms with Gasteiger partial charge in [0.2, 0.25) is 0 Å². The number of hydrogen-bond acceptors (Lipinski definition) is 5. The van der Waals surface area contributed by atoms with Crippen LogP contribution in [0.2, 0.25) is 0 Å². The number of amides is 1. The number of benzene rings is 1. The minimum atomic E-state index is -1.17. The molecule has 0 saturated heterocycles. The number of carbonyl (C=O) groups excluding carboxylic acids is 1. The molecule has 0 radical (unpaired) electrons. The number of carbonyl (C=O) groups is 2. The van der Waals surface area contributed by atoms with E-state index in [2.05, 4.69) is 10.3 Å². The van der Waals surface area contributed by atoms with Crippen LogP contribution in [-0.4, -0.2) is 41.8 Å². The largest absolute Gasteiger partial charge is 0.477 e. The summed E-state index contributed by atoms with van der Waals surface area (Å²) in [6, 6.07) is 12.0. The molecular formula is C19H22N2O5. The van der Waals surface area contributed by atoms with Gasteiger partial charge in [-0.15, -0.1) is 0 Å². The fraction of sp³-hybridized carbons (Fsp3) is 0.316. The first-order valence-electron chi connectivity index (χ1n) is 8.32. The van der Waals surface area contributed by atoms with E-state index < -0.39 is 11.9 Å². The van der Waals surface area contributed by atoms with Gasteiger partial charge in [-0.25, -0.2) is 9.78 Å². The molecule has 7 nitrogen and oxygen atoms in total. The van der Waals surface area contributed by atoms with Gasteiger partial charge in [0.25, 0.3) is 5.91 Å². The van der Waals surface area contributed by atoms with Crippen molar-refractivity contribution in [2.24, 2.45) is 0 Å². The van der Waals surface area contributed by atoms with E-state index in [0.29, 0.717) is 33.0 Å². The summed E-state index contributed by atoms with van der Waals surface area (Å²) in [7, 11) is 0. The first-order valence-corrected chi connectivity index (χ1v) is 8.32. The number of carboxylic acids is 1. The average Bonchev–Trinajstić information content (AvgIpc) is 2.66. The van der Waals surface area contributed by atoms with Crippen molar-refractivity contribution in [2.75, 3.05) is 19.8 Å². The molecule has 1 amide bonds. The molecule has 0 unspecified atom stereocenters. The SMILES string of the molecule is CCOCCOCc1cccc(CNC(=O)c2cccc(C(=O)O)n2)c1. The van der Waals surface area contributed by atoms with E-state index in [9.17, 15) is 9.59 Å². The Hall–Kier alpha value is -2.77. The lowest BCUT2D eigenvalue weighted by molar-refractivity contribution is 0.0453. The van der Waals surface area contributed by atoms with Gasteiger partial charge in [-0.2, -0.15) is 0 Å². The topological polar surface area (TPSA) is 97.8 Å². The van der Waals surface area contributed by atoms with Crippen molar-refractivity contribution in [3.05, 3.63) is 65.0 Å². The molecule has 1 aromatic heterocycles. The highest BCUT2D eigenvalue weighted by Crippen LogP contribution is 2.07. The molecule has 0 fully saturated rings. The number of aromatic carboxylic acids is 1. The maximum Gasteiger partial charge on any atom is 0.354 e. The summed E-state index contributed by atoms with van der Waals surface area (Å²) >= 11 is 0. The third-order valence-electron chi connectivity index (χ3n) is 3.49. The molecule has 0 spiro atoms. The highest BCUT2D eigenvalue weighted by molar-refractivity contribution is 5.94. The molecule has 0 aliphatic rings. The van der Waals surface area contributed by atoms with Gasteiger partial charge in [-0.1, -0.05) is 30.3 Å². The Morgan fingerprint density at radius 2 is 1.73 bits per heavy atom. The summed E-state index contributed by atoms with van der Waals surface area (Å²) in [5.41, 5.74) is 1.82. The number of hydrogen-bond donors (Lipinski definition) is 2. The van der Waals surface area contributed by atoms with Gasteiger partial charge in [-0.05, 0) is 30.2 Å². The second kappa shape index (κ2) is 10.3. The summed E-state index contributed by atoms with van der Waals surface area (Å²) in [6.45, 7) is 4.48. The molecule has 2 aromatic rings. The molecule has 0 aliphatic heterocycles. The summed E-state index contributed by atoms with van der Waals surface area (Å²) in [5.74, 6) is -1.59. The van der Waals surface area contributed by atoms with Gasteiger partial charge in [-0.3, -0.25) is 4.79 Å². The number of aromatic nitrogens is 1. The van der Waals surface area contributed by atoms with Gasteiger partial charge >= 0.3 is 5.97 Å². The predicted molar refractivity (Wildman–Crippen MR) is 95.0 cm³/mol. The lowest BCUT2D eigenvalue weighted by Crippen LogP contribution is -2.24. The average molecular weight is 358 g/mol. The van der Waals surface area contributed by atoms with Crippen LogP contribution in [0.15, 0.2) is 42.5 Å². The molecule has 138 valence electrons. The minimum absolute atomic E-state index is 0.0697. The summed E-state index contributed by atoms with van der Waals surface area (Å²) < 4.78 is 10.7. The predicted octanol–water partition coefficient (Wildman–Crippen LogP) is 2.26. The van der Waals surface area contributed by atoms with E-state index in [1.54, 1.807) is 0 Å².